The van der Waals surface area contributed by atoms with Gasteiger partial charge < -0.3 is 21.9 Å². The van der Waals surface area contributed by atoms with Gasteiger partial charge in [0.15, 0.2) is 5.96 Å². The van der Waals surface area contributed by atoms with Crippen LogP contribution >= 0.6 is 0 Å². The van der Waals surface area contributed by atoms with Crippen LogP contribution in [0.3, 0.4) is 0 Å². The van der Waals surface area contributed by atoms with Crippen LogP contribution in [0.1, 0.15) is 18.4 Å². The van der Waals surface area contributed by atoms with Crippen molar-refractivity contribution in [3.8, 4) is 0 Å². The summed E-state index contributed by atoms with van der Waals surface area (Å²) in [5.74, 6) is -0.934. The van der Waals surface area contributed by atoms with E-state index in [-0.39, 0.29) is 5.96 Å². The van der Waals surface area contributed by atoms with E-state index < -0.39 is 18.1 Å². The molecule has 28 heavy (non-hydrogen) atoms. The van der Waals surface area contributed by atoms with E-state index in [4.69, 9.17) is 11.5 Å². The molecule has 8 nitrogen and oxygen atoms in total. The monoisotopic (exact) mass is 382 g/mol. The first-order valence-electron chi connectivity index (χ1n) is 9.14. The van der Waals surface area contributed by atoms with Crippen molar-refractivity contribution in [3.05, 3.63) is 64.6 Å². The lowest BCUT2D eigenvalue weighted by atomic mass is 9.87. The first-order valence-corrected chi connectivity index (χ1v) is 9.14. The molecule has 1 aromatic rings. The molecule has 0 fully saturated rings. The number of nitrogens with two attached hydrogens (primary N) is 2. The van der Waals surface area contributed by atoms with Crippen LogP contribution in [-0.4, -0.2) is 47.0 Å². The van der Waals surface area contributed by atoms with Gasteiger partial charge in [0.25, 0.3) is 11.7 Å². The lowest BCUT2D eigenvalue weighted by Gasteiger charge is -2.23. The highest BCUT2D eigenvalue weighted by Crippen LogP contribution is 2.38. The van der Waals surface area contributed by atoms with Crippen molar-refractivity contribution < 1.29 is 14.7 Å². The van der Waals surface area contributed by atoms with Gasteiger partial charge in [-0.25, -0.2) is 0 Å². The molecule has 0 spiro atoms. The summed E-state index contributed by atoms with van der Waals surface area (Å²) in [6, 6.07) is 6.24. The molecule has 0 bridgehead atoms. The number of fused-ring (bicyclic) bond motifs is 2. The van der Waals surface area contributed by atoms with Gasteiger partial charge in [0.1, 0.15) is 6.04 Å². The molecule has 1 aliphatic carbocycles. The molecule has 2 atom stereocenters. The fourth-order valence-electron chi connectivity index (χ4n) is 3.48. The second kappa shape index (κ2) is 8.62. The van der Waals surface area contributed by atoms with E-state index in [9.17, 15) is 14.8 Å². The number of aliphatic carboxylic acids is 1. The number of rotatable bonds is 8. The predicted molar refractivity (Wildman–Crippen MR) is 108 cm³/mol. The number of benzene rings is 1. The SMILES string of the molecule is NC(N)=NCCCC(NCC1=C2C=CC=CC2[N+](=O)c2ccccc21)C(=O)O. The first-order chi connectivity index (χ1) is 13.5. The van der Waals surface area contributed by atoms with Crippen LogP contribution in [0.2, 0.25) is 0 Å². The molecule has 2 aliphatic rings. The normalized spacial score (nSPS) is 18.4. The second-order valence-electron chi connectivity index (χ2n) is 6.69. The number of nitroso groups, excluding NO2 is 1. The Morgan fingerprint density at radius 2 is 2.07 bits per heavy atom. The van der Waals surface area contributed by atoms with E-state index in [2.05, 4.69) is 10.3 Å². The Balaban J connectivity index is 1.80. The average Bonchev–Trinajstić information content (AvgIpc) is 2.69. The maximum atomic E-state index is 12.7. The second-order valence-corrected chi connectivity index (χ2v) is 6.69. The Labute approximate surface area is 162 Å². The molecule has 0 saturated carbocycles. The molecule has 1 aliphatic heterocycles. The largest absolute Gasteiger partial charge is 0.480 e. The van der Waals surface area contributed by atoms with Gasteiger partial charge in [-0.1, -0.05) is 30.4 Å². The van der Waals surface area contributed by atoms with E-state index in [1.165, 1.54) is 0 Å². The summed E-state index contributed by atoms with van der Waals surface area (Å²) in [7, 11) is 0. The maximum absolute atomic E-state index is 12.7. The molecule has 0 aromatic heterocycles. The molecule has 0 saturated heterocycles. The van der Waals surface area contributed by atoms with Crippen LogP contribution in [0.15, 0.2) is 59.1 Å². The van der Waals surface area contributed by atoms with Gasteiger partial charge in [0, 0.05) is 34.4 Å². The summed E-state index contributed by atoms with van der Waals surface area (Å²) in [5.41, 5.74) is 13.8. The summed E-state index contributed by atoms with van der Waals surface area (Å²) >= 11 is 0. The molecule has 0 radical (unpaired) electrons. The number of carboxylic acid groups (broad SMARTS) is 1. The number of nitrogens with zero attached hydrogens (tertiary/aromatic N) is 2. The van der Waals surface area contributed by atoms with Gasteiger partial charge in [-0.05, 0) is 30.6 Å². The number of guanidine groups is 1. The molecule has 0 amide bonds. The topological polar surface area (TPSA) is 134 Å². The van der Waals surface area contributed by atoms with Crippen LogP contribution in [0, 0.1) is 4.91 Å². The summed E-state index contributed by atoms with van der Waals surface area (Å²) in [5, 5.41) is 12.7. The molecule has 8 heteroatoms. The van der Waals surface area contributed by atoms with E-state index in [1.807, 2.05) is 42.5 Å². The Morgan fingerprint density at radius 1 is 1.29 bits per heavy atom. The van der Waals surface area contributed by atoms with Crippen LogP contribution in [-0.2, 0) is 4.79 Å². The summed E-state index contributed by atoms with van der Waals surface area (Å²) < 4.78 is 0.998. The van der Waals surface area contributed by atoms with Crippen molar-refractivity contribution >= 4 is 23.2 Å². The summed E-state index contributed by atoms with van der Waals surface area (Å²) in [6.45, 7) is 0.722. The molecule has 1 aromatic carbocycles. The van der Waals surface area contributed by atoms with E-state index in [1.54, 1.807) is 6.07 Å². The third-order valence-electron chi connectivity index (χ3n) is 4.84. The molecule has 1 heterocycles. The lowest BCUT2D eigenvalue weighted by molar-refractivity contribution is -0.483. The lowest BCUT2D eigenvalue weighted by Crippen LogP contribution is -2.39. The smallest absolute Gasteiger partial charge is 0.320 e. The number of carbonyl (C=O) groups is 1. The Kier molecular flexibility index (Phi) is 6.00. The van der Waals surface area contributed by atoms with Crippen molar-refractivity contribution in [3.63, 3.8) is 0 Å². The molecular weight excluding hydrogens is 358 g/mol. The number of carboxylic acids is 1. The highest BCUT2D eigenvalue weighted by atomic mass is 16.4. The standard InChI is InChI=1S/C20H23N5O3/c21-20(22)23-11-5-8-16(19(26)27)24-12-15-13-6-1-3-9-17(13)25(28)18-10-4-2-7-14(15)18/h1-4,6-7,9-10,16-17,24H,5,8,11-12H2,(H4-,21,22,23,26,27)/p+1. The van der Waals surface area contributed by atoms with Gasteiger partial charge in [0.2, 0.25) is 0 Å². The molecule has 2 unspecified atom stereocenters. The summed E-state index contributed by atoms with van der Waals surface area (Å²) in [6.07, 6.45) is 8.44. The van der Waals surface area contributed by atoms with Gasteiger partial charge >= 0.3 is 5.97 Å². The molecule has 146 valence electrons. The first kappa shape index (κ1) is 19.5. The zero-order valence-electron chi connectivity index (χ0n) is 15.4. The minimum absolute atomic E-state index is 0.00375. The van der Waals surface area contributed by atoms with Crippen molar-refractivity contribution in [1.82, 2.24) is 5.32 Å². The van der Waals surface area contributed by atoms with Gasteiger partial charge in [-0.15, -0.1) is 0 Å². The van der Waals surface area contributed by atoms with Crippen LogP contribution in [0.25, 0.3) is 5.57 Å². The molecular formula is C20H24N5O3+. The minimum Gasteiger partial charge on any atom is -0.480 e. The molecule has 6 N–H and O–H groups in total. The van der Waals surface area contributed by atoms with E-state index in [0.717, 1.165) is 21.5 Å². The third-order valence-corrected chi connectivity index (χ3v) is 4.84. The zero-order chi connectivity index (χ0) is 20.1. The highest BCUT2D eigenvalue weighted by molar-refractivity contribution is 5.81. The van der Waals surface area contributed by atoms with E-state index >= 15 is 0 Å². The van der Waals surface area contributed by atoms with Crippen LogP contribution < -0.4 is 16.8 Å². The number of allylic oxidation sites excluding steroid dienone is 2. The third kappa shape index (κ3) is 4.17. The van der Waals surface area contributed by atoms with Crippen molar-refractivity contribution in [2.24, 2.45) is 16.5 Å². The fourth-order valence-corrected chi connectivity index (χ4v) is 3.48. The Morgan fingerprint density at radius 3 is 2.82 bits per heavy atom. The van der Waals surface area contributed by atoms with E-state index in [0.29, 0.717) is 31.6 Å². The predicted octanol–water partition coefficient (Wildman–Crippen LogP) is 1.46. The Hall–Kier alpha value is -3.26. The zero-order valence-corrected chi connectivity index (χ0v) is 15.4. The highest BCUT2D eigenvalue weighted by Gasteiger charge is 2.39. The number of aliphatic imine (C=N–C) groups is 1. The van der Waals surface area contributed by atoms with Crippen LogP contribution in [0.5, 0.6) is 0 Å². The quantitative estimate of drug-likeness (QED) is 0.233. The minimum atomic E-state index is -0.930. The van der Waals surface area contributed by atoms with Gasteiger partial charge in [-0.3, -0.25) is 9.79 Å². The summed E-state index contributed by atoms with van der Waals surface area (Å²) in [4.78, 5) is 28.2. The number of para-hydroxylation sites is 1. The number of hydrogen-bond donors (Lipinski definition) is 4. The average molecular weight is 382 g/mol. The van der Waals surface area contributed by atoms with Gasteiger partial charge in [0.05, 0.1) is 5.56 Å². The number of hydrogen-bond acceptors (Lipinski definition) is 4. The number of nitrogens with one attached hydrogen (secondary N) is 1. The van der Waals surface area contributed by atoms with Crippen molar-refractivity contribution in [1.29, 1.82) is 0 Å². The van der Waals surface area contributed by atoms with Crippen LogP contribution in [0.4, 0.5) is 5.69 Å². The van der Waals surface area contributed by atoms with Crippen molar-refractivity contribution in [2.75, 3.05) is 13.1 Å². The van der Waals surface area contributed by atoms with Gasteiger partial charge in [-0.2, -0.15) is 0 Å². The maximum Gasteiger partial charge on any atom is 0.320 e. The fraction of sp³-hybridized carbons (Fsp3) is 0.300. The molecule has 3 rings (SSSR count). The van der Waals surface area contributed by atoms with Crippen molar-refractivity contribution in [2.45, 2.75) is 24.9 Å². The Bertz CT molecular complexity index is 897.